The smallest absolute Gasteiger partial charge is 0.410 e. The van der Waals surface area contributed by atoms with Crippen LogP contribution in [0, 0.1) is 5.92 Å². The van der Waals surface area contributed by atoms with Crippen molar-refractivity contribution in [3.8, 4) is 0 Å². The molecule has 2 heterocycles. The number of rotatable bonds is 4. The largest absolute Gasteiger partial charge is 0.444 e. The summed E-state index contributed by atoms with van der Waals surface area (Å²) >= 11 is 0. The molecule has 0 N–H and O–H groups in total. The minimum Gasteiger partial charge on any atom is -0.444 e. The van der Waals surface area contributed by atoms with Gasteiger partial charge in [-0.1, -0.05) is 5.16 Å². The number of aromatic nitrogens is 2. The monoisotopic (exact) mass is 338 g/mol. The number of likely N-dealkylation sites (tertiary alicyclic amines) is 1. The highest BCUT2D eigenvalue weighted by Gasteiger charge is 2.31. The van der Waals surface area contributed by atoms with E-state index in [-0.39, 0.29) is 17.9 Å². The molecule has 1 fully saturated rings. The Morgan fingerprint density at radius 1 is 1.38 bits per heavy atom. The van der Waals surface area contributed by atoms with E-state index in [0.717, 1.165) is 0 Å². The van der Waals surface area contributed by atoms with Crippen LogP contribution in [0.25, 0.3) is 0 Å². The van der Waals surface area contributed by atoms with Crippen LogP contribution in [0.3, 0.4) is 0 Å². The molecule has 0 atom stereocenters. The van der Waals surface area contributed by atoms with Crippen molar-refractivity contribution >= 4 is 12.0 Å². The van der Waals surface area contributed by atoms with Crippen molar-refractivity contribution < 1.29 is 18.8 Å². The third kappa shape index (κ3) is 5.21. The zero-order valence-corrected chi connectivity index (χ0v) is 14.8. The molecule has 0 spiro atoms. The van der Waals surface area contributed by atoms with Crippen molar-refractivity contribution in [2.75, 3.05) is 26.7 Å². The highest BCUT2D eigenvalue weighted by Crippen LogP contribution is 2.21. The molecular weight excluding hydrogens is 312 g/mol. The molecule has 2 rings (SSSR count). The van der Waals surface area contributed by atoms with E-state index in [1.54, 1.807) is 16.8 Å². The summed E-state index contributed by atoms with van der Waals surface area (Å²) in [5.41, 5.74) is -0.501. The number of carbonyl (C=O) groups excluding carboxylic acids is 2. The summed E-state index contributed by atoms with van der Waals surface area (Å²) in [6.45, 7) is 7.18. The molecule has 24 heavy (non-hydrogen) atoms. The van der Waals surface area contributed by atoms with Gasteiger partial charge in [-0.15, -0.1) is 0 Å². The summed E-state index contributed by atoms with van der Waals surface area (Å²) in [5.74, 6) is 0.635. The van der Waals surface area contributed by atoms with Crippen LogP contribution in [0.15, 0.2) is 10.9 Å². The molecule has 8 heteroatoms. The van der Waals surface area contributed by atoms with Gasteiger partial charge in [0, 0.05) is 39.0 Å². The van der Waals surface area contributed by atoms with E-state index in [2.05, 4.69) is 14.7 Å². The van der Waals surface area contributed by atoms with Crippen LogP contribution in [-0.2, 0) is 16.0 Å². The van der Waals surface area contributed by atoms with Crippen LogP contribution in [0.5, 0.6) is 0 Å². The quantitative estimate of drug-likeness (QED) is 0.830. The maximum Gasteiger partial charge on any atom is 0.410 e. The number of hydrogen-bond donors (Lipinski definition) is 0. The maximum atomic E-state index is 12.5. The van der Waals surface area contributed by atoms with Crippen LogP contribution in [0.4, 0.5) is 4.79 Å². The van der Waals surface area contributed by atoms with Gasteiger partial charge in [0.25, 0.3) is 0 Å². The summed E-state index contributed by atoms with van der Waals surface area (Å²) in [4.78, 5) is 31.9. The first-order valence-electron chi connectivity index (χ1n) is 8.24. The molecule has 1 saturated heterocycles. The number of ether oxygens (including phenoxy) is 1. The topological polar surface area (TPSA) is 88.8 Å². The predicted octanol–water partition coefficient (Wildman–Crippen LogP) is 1.72. The number of nitrogens with zero attached hydrogens (tertiary/aromatic N) is 4. The molecule has 0 radical (unpaired) electrons. The van der Waals surface area contributed by atoms with Crippen molar-refractivity contribution in [2.45, 2.75) is 45.6 Å². The van der Waals surface area contributed by atoms with Crippen molar-refractivity contribution in [2.24, 2.45) is 5.92 Å². The summed E-state index contributed by atoms with van der Waals surface area (Å²) < 4.78 is 10.0. The van der Waals surface area contributed by atoms with E-state index in [0.29, 0.717) is 44.7 Å². The van der Waals surface area contributed by atoms with Crippen LogP contribution in [0.2, 0.25) is 0 Å². The molecule has 0 unspecified atom stereocenters. The number of likely N-dealkylation sites (N-methyl/N-ethyl adjacent to an activating group) is 1. The van der Waals surface area contributed by atoms with E-state index in [1.807, 2.05) is 20.8 Å². The number of carbonyl (C=O) groups is 2. The van der Waals surface area contributed by atoms with Crippen molar-refractivity contribution in [1.82, 2.24) is 19.9 Å². The van der Waals surface area contributed by atoms with Crippen molar-refractivity contribution in [3.63, 3.8) is 0 Å². The Bertz CT molecular complexity index is 545. The van der Waals surface area contributed by atoms with Gasteiger partial charge in [0.1, 0.15) is 5.60 Å². The third-order valence-corrected chi connectivity index (χ3v) is 3.95. The molecule has 0 bridgehead atoms. The van der Waals surface area contributed by atoms with Crippen molar-refractivity contribution in [3.05, 3.63) is 12.2 Å². The first-order chi connectivity index (χ1) is 11.3. The van der Waals surface area contributed by atoms with E-state index < -0.39 is 5.60 Å². The molecule has 0 saturated carbocycles. The second-order valence-electron chi connectivity index (χ2n) is 7.10. The Hall–Kier alpha value is -2.12. The van der Waals surface area contributed by atoms with E-state index in [4.69, 9.17) is 4.74 Å². The average Bonchev–Trinajstić information content (AvgIpc) is 3.04. The minimum absolute atomic E-state index is 0.0565. The van der Waals surface area contributed by atoms with Gasteiger partial charge >= 0.3 is 6.09 Å². The molecule has 1 aliphatic heterocycles. The maximum absolute atomic E-state index is 12.5. The van der Waals surface area contributed by atoms with Gasteiger partial charge in [0.2, 0.25) is 12.3 Å². The fourth-order valence-electron chi connectivity index (χ4n) is 2.63. The predicted molar refractivity (Wildman–Crippen MR) is 86.2 cm³/mol. The highest BCUT2D eigenvalue weighted by molar-refractivity contribution is 5.79. The standard InChI is InChI=1S/C16H26N4O4/c1-16(2,3)24-15(22)20-9-5-12(6-10-20)14(21)19(4)8-7-13-17-11-23-18-13/h11-12H,5-10H2,1-4H3. The highest BCUT2D eigenvalue weighted by atomic mass is 16.6. The summed E-state index contributed by atoms with van der Waals surface area (Å²) in [6.07, 6.45) is 2.85. The fourth-order valence-corrected chi connectivity index (χ4v) is 2.63. The molecule has 8 nitrogen and oxygen atoms in total. The Morgan fingerprint density at radius 3 is 2.58 bits per heavy atom. The lowest BCUT2D eigenvalue weighted by atomic mass is 9.95. The van der Waals surface area contributed by atoms with Gasteiger partial charge in [-0.05, 0) is 33.6 Å². The van der Waals surface area contributed by atoms with Crippen LogP contribution in [0.1, 0.15) is 39.4 Å². The molecule has 1 aliphatic rings. The summed E-state index contributed by atoms with van der Waals surface area (Å²) in [7, 11) is 1.78. The third-order valence-electron chi connectivity index (χ3n) is 3.95. The van der Waals surface area contributed by atoms with Gasteiger partial charge in [-0.3, -0.25) is 4.79 Å². The Labute approximate surface area is 142 Å². The lowest BCUT2D eigenvalue weighted by molar-refractivity contribution is -0.135. The van der Waals surface area contributed by atoms with Gasteiger partial charge < -0.3 is 19.1 Å². The van der Waals surface area contributed by atoms with E-state index in [1.165, 1.54) is 6.39 Å². The second kappa shape index (κ2) is 7.63. The van der Waals surface area contributed by atoms with Crippen molar-refractivity contribution in [1.29, 1.82) is 0 Å². The Morgan fingerprint density at radius 2 is 2.04 bits per heavy atom. The minimum atomic E-state index is -0.501. The van der Waals surface area contributed by atoms with Gasteiger partial charge in [0.15, 0.2) is 5.82 Å². The number of hydrogen-bond acceptors (Lipinski definition) is 6. The van der Waals surface area contributed by atoms with E-state index in [9.17, 15) is 9.59 Å². The molecule has 1 aromatic rings. The zero-order valence-electron chi connectivity index (χ0n) is 14.8. The normalized spacial score (nSPS) is 16.1. The lowest BCUT2D eigenvalue weighted by Gasteiger charge is -2.34. The number of amides is 2. The summed E-state index contributed by atoms with van der Waals surface area (Å²) in [5, 5.41) is 3.74. The van der Waals surface area contributed by atoms with Crippen LogP contribution >= 0.6 is 0 Å². The molecular formula is C16H26N4O4. The molecule has 0 aliphatic carbocycles. The van der Waals surface area contributed by atoms with Gasteiger partial charge in [0.05, 0.1) is 0 Å². The van der Waals surface area contributed by atoms with Crippen LogP contribution in [-0.4, -0.2) is 64.2 Å². The lowest BCUT2D eigenvalue weighted by Crippen LogP contribution is -2.45. The molecule has 1 aromatic heterocycles. The Balaban J connectivity index is 1.76. The van der Waals surface area contributed by atoms with E-state index >= 15 is 0 Å². The zero-order chi connectivity index (χ0) is 17.7. The SMILES string of the molecule is CN(CCc1ncon1)C(=O)C1CCN(C(=O)OC(C)(C)C)CC1. The summed E-state index contributed by atoms with van der Waals surface area (Å²) in [6, 6.07) is 0. The average molecular weight is 338 g/mol. The first-order valence-corrected chi connectivity index (χ1v) is 8.24. The molecule has 134 valence electrons. The van der Waals surface area contributed by atoms with Gasteiger partial charge in [-0.2, -0.15) is 4.98 Å². The first kappa shape index (κ1) is 18.2. The fraction of sp³-hybridized carbons (Fsp3) is 0.750. The van der Waals surface area contributed by atoms with Crippen LogP contribution < -0.4 is 0 Å². The van der Waals surface area contributed by atoms with Gasteiger partial charge in [-0.25, -0.2) is 4.79 Å². The Kier molecular flexibility index (Phi) is 5.80. The second-order valence-corrected chi connectivity index (χ2v) is 7.10. The molecule has 2 amide bonds. The number of piperidine rings is 1. The molecule has 0 aromatic carbocycles.